The highest BCUT2D eigenvalue weighted by Crippen LogP contribution is 2.18. The van der Waals surface area contributed by atoms with E-state index in [1.54, 1.807) is 6.20 Å². The Morgan fingerprint density at radius 1 is 1.32 bits per heavy atom. The third-order valence-corrected chi connectivity index (χ3v) is 2.73. The first-order valence-corrected chi connectivity index (χ1v) is 6.64. The van der Waals surface area contributed by atoms with E-state index in [-0.39, 0.29) is 0 Å². The minimum absolute atomic E-state index is 0.512. The number of hydrogen-bond acceptors (Lipinski definition) is 5. The zero-order chi connectivity index (χ0) is 13.7. The zero-order valence-electron chi connectivity index (χ0n) is 11.7. The minimum atomic E-state index is 0.512. The summed E-state index contributed by atoms with van der Waals surface area (Å²) in [4.78, 5) is 4.15. The van der Waals surface area contributed by atoms with E-state index < -0.39 is 0 Å². The van der Waals surface area contributed by atoms with Crippen LogP contribution in [0.2, 0.25) is 0 Å². The van der Waals surface area contributed by atoms with Gasteiger partial charge < -0.3 is 9.73 Å². The molecule has 0 saturated heterocycles. The standard InChI is InChI=1S/C14H20N4O/c1-10(2)15-7-4-5-13-17-18-14(19-13)12-6-8-16-11(3)9-12/h6,8-10,15H,4-5,7H2,1-3H3. The molecule has 0 aliphatic rings. The lowest BCUT2D eigenvalue weighted by molar-refractivity contribution is 0.484. The Morgan fingerprint density at radius 3 is 2.89 bits per heavy atom. The molecule has 0 spiro atoms. The second-order valence-corrected chi connectivity index (χ2v) is 4.90. The van der Waals surface area contributed by atoms with Gasteiger partial charge in [-0.2, -0.15) is 0 Å². The van der Waals surface area contributed by atoms with E-state index in [0.29, 0.717) is 17.8 Å². The summed E-state index contributed by atoms with van der Waals surface area (Å²) in [6.07, 6.45) is 3.55. The average molecular weight is 260 g/mol. The molecule has 0 aromatic carbocycles. The zero-order valence-corrected chi connectivity index (χ0v) is 11.7. The maximum absolute atomic E-state index is 5.65. The van der Waals surface area contributed by atoms with Crippen LogP contribution in [0.4, 0.5) is 0 Å². The molecule has 0 saturated carbocycles. The molecule has 0 aliphatic carbocycles. The fourth-order valence-electron chi connectivity index (χ4n) is 1.78. The van der Waals surface area contributed by atoms with E-state index in [9.17, 15) is 0 Å². The molecular weight excluding hydrogens is 240 g/mol. The van der Waals surface area contributed by atoms with Crippen LogP contribution in [-0.2, 0) is 6.42 Å². The predicted molar refractivity (Wildman–Crippen MR) is 73.7 cm³/mol. The van der Waals surface area contributed by atoms with E-state index in [2.05, 4.69) is 34.3 Å². The number of hydrogen-bond donors (Lipinski definition) is 1. The Hall–Kier alpha value is -1.75. The summed E-state index contributed by atoms with van der Waals surface area (Å²) in [6.45, 7) is 7.18. The molecule has 5 nitrogen and oxygen atoms in total. The largest absolute Gasteiger partial charge is 0.421 e. The SMILES string of the molecule is Cc1cc(-c2nnc(CCCNC(C)C)o2)ccn1. The molecule has 0 aliphatic heterocycles. The van der Waals surface area contributed by atoms with Crippen LogP contribution < -0.4 is 5.32 Å². The normalized spacial score (nSPS) is 11.2. The lowest BCUT2D eigenvalue weighted by Crippen LogP contribution is -2.23. The Bertz CT molecular complexity index is 522. The van der Waals surface area contributed by atoms with Crippen molar-refractivity contribution >= 4 is 0 Å². The molecule has 5 heteroatoms. The highest BCUT2D eigenvalue weighted by molar-refractivity contribution is 5.52. The molecule has 1 N–H and O–H groups in total. The highest BCUT2D eigenvalue weighted by Gasteiger charge is 2.08. The Morgan fingerprint density at radius 2 is 2.16 bits per heavy atom. The van der Waals surface area contributed by atoms with Crippen LogP contribution in [0.15, 0.2) is 22.7 Å². The van der Waals surface area contributed by atoms with Gasteiger partial charge in [0.2, 0.25) is 11.8 Å². The Kier molecular flexibility index (Phi) is 4.63. The Balaban J connectivity index is 1.92. The van der Waals surface area contributed by atoms with Crippen LogP contribution in [-0.4, -0.2) is 27.8 Å². The summed E-state index contributed by atoms with van der Waals surface area (Å²) < 4.78 is 5.65. The summed E-state index contributed by atoms with van der Waals surface area (Å²) in [7, 11) is 0. The second kappa shape index (κ2) is 6.43. The number of aromatic nitrogens is 3. The molecular formula is C14H20N4O. The molecule has 0 amide bonds. The predicted octanol–water partition coefficient (Wildman–Crippen LogP) is 2.37. The summed E-state index contributed by atoms with van der Waals surface area (Å²) in [5.41, 5.74) is 1.87. The van der Waals surface area contributed by atoms with Crippen molar-refractivity contribution in [3.63, 3.8) is 0 Å². The Labute approximate surface area is 113 Å². The van der Waals surface area contributed by atoms with Crippen LogP contribution in [0.1, 0.15) is 31.9 Å². The fourth-order valence-corrected chi connectivity index (χ4v) is 1.78. The maximum atomic E-state index is 5.65. The van der Waals surface area contributed by atoms with Gasteiger partial charge in [-0.25, -0.2) is 0 Å². The van der Waals surface area contributed by atoms with Gasteiger partial charge in [-0.3, -0.25) is 4.98 Å². The smallest absolute Gasteiger partial charge is 0.247 e. The summed E-state index contributed by atoms with van der Waals surface area (Å²) in [6, 6.07) is 4.33. The molecule has 102 valence electrons. The fraction of sp³-hybridized carbons (Fsp3) is 0.500. The van der Waals surface area contributed by atoms with Crippen LogP contribution in [0, 0.1) is 6.92 Å². The van der Waals surface area contributed by atoms with Crippen molar-refractivity contribution < 1.29 is 4.42 Å². The van der Waals surface area contributed by atoms with Crippen molar-refractivity contribution in [1.29, 1.82) is 0 Å². The highest BCUT2D eigenvalue weighted by atomic mass is 16.4. The lowest BCUT2D eigenvalue weighted by atomic mass is 10.2. The molecule has 0 radical (unpaired) electrons. The number of aryl methyl sites for hydroxylation is 2. The van der Waals surface area contributed by atoms with Crippen molar-refractivity contribution in [2.45, 2.75) is 39.7 Å². The molecule has 0 atom stereocenters. The van der Waals surface area contributed by atoms with E-state index in [1.165, 1.54) is 0 Å². The first kappa shape index (κ1) is 13.7. The lowest BCUT2D eigenvalue weighted by Gasteiger charge is -2.05. The van der Waals surface area contributed by atoms with Crippen molar-refractivity contribution in [2.24, 2.45) is 0 Å². The molecule has 19 heavy (non-hydrogen) atoms. The molecule has 0 fully saturated rings. The third kappa shape index (κ3) is 4.13. The summed E-state index contributed by atoms with van der Waals surface area (Å²) >= 11 is 0. The first-order valence-electron chi connectivity index (χ1n) is 6.64. The van der Waals surface area contributed by atoms with Crippen LogP contribution >= 0.6 is 0 Å². The second-order valence-electron chi connectivity index (χ2n) is 4.90. The van der Waals surface area contributed by atoms with Gasteiger partial charge in [-0.1, -0.05) is 13.8 Å². The van der Waals surface area contributed by atoms with Crippen molar-refractivity contribution in [3.8, 4) is 11.5 Å². The van der Waals surface area contributed by atoms with Crippen LogP contribution in [0.3, 0.4) is 0 Å². The van der Waals surface area contributed by atoms with Gasteiger partial charge in [0.1, 0.15) is 0 Å². The van der Waals surface area contributed by atoms with E-state index >= 15 is 0 Å². The van der Waals surface area contributed by atoms with Crippen molar-refractivity contribution in [1.82, 2.24) is 20.5 Å². The van der Waals surface area contributed by atoms with Gasteiger partial charge in [0.05, 0.1) is 0 Å². The number of nitrogens with one attached hydrogen (secondary N) is 1. The van der Waals surface area contributed by atoms with E-state index in [1.807, 2.05) is 19.1 Å². The number of nitrogens with zero attached hydrogens (tertiary/aromatic N) is 3. The molecule has 0 bridgehead atoms. The third-order valence-electron chi connectivity index (χ3n) is 2.73. The van der Waals surface area contributed by atoms with Crippen molar-refractivity contribution in [3.05, 3.63) is 29.9 Å². The molecule has 2 aromatic heterocycles. The van der Waals surface area contributed by atoms with Crippen LogP contribution in [0.5, 0.6) is 0 Å². The van der Waals surface area contributed by atoms with Crippen molar-refractivity contribution in [2.75, 3.05) is 6.54 Å². The molecule has 2 heterocycles. The molecule has 2 aromatic rings. The maximum Gasteiger partial charge on any atom is 0.247 e. The van der Waals surface area contributed by atoms with Gasteiger partial charge in [0.15, 0.2) is 0 Å². The van der Waals surface area contributed by atoms with Crippen LogP contribution in [0.25, 0.3) is 11.5 Å². The van der Waals surface area contributed by atoms with E-state index in [0.717, 1.165) is 30.6 Å². The summed E-state index contributed by atoms with van der Waals surface area (Å²) in [5.74, 6) is 1.26. The number of pyridine rings is 1. The topological polar surface area (TPSA) is 63.8 Å². The average Bonchev–Trinajstić information content (AvgIpc) is 2.83. The van der Waals surface area contributed by atoms with Gasteiger partial charge in [0, 0.05) is 29.9 Å². The number of rotatable bonds is 6. The van der Waals surface area contributed by atoms with Gasteiger partial charge in [0.25, 0.3) is 0 Å². The quantitative estimate of drug-likeness (QED) is 0.808. The van der Waals surface area contributed by atoms with Gasteiger partial charge >= 0.3 is 0 Å². The summed E-state index contributed by atoms with van der Waals surface area (Å²) in [5, 5.41) is 11.5. The molecule has 2 rings (SSSR count). The van der Waals surface area contributed by atoms with Gasteiger partial charge in [-0.15, -0.1) is 10.2 Å². The van der Waals surface area contributed by atoms with Gasteiger partial charge in [-0.05, 0) is 32.0 Å². The first-order chi connectivity index (χ1) is 9.15. The minimum Gasteiger partial charge on any atom is -0.421 e. The van der Waals surface area contributed by atoms with E-state index in [4.69, 9.17) is 4.42 Å². The molecule has 0 unspecified atom stereocenters. The monoisotopic (exact) mass is 260 g/mol.